The highest BCUT2D eigenvalue weighted by Crippen LogP contribution is 2.15. The summed E-state index contributed by atoms with van der Waals surface area (Å²) in [7, 11) is 1.64. The standard InChI is InChI=1S/C13H12ClNO2/c1-16-11-7-5-10(6-8-11)9-17-13-4-2-3-12(14)15-13/h2-8H,9H2,1H3. The first-order chi connectivity index (χ1) is 8.28. The van der Waals surface area contributed by atoms with Crippen LogP contribution in [-0.4, -0.2) is 12.1 Å². The van der Waals surface area contributed by atoms with Crippen LogP contribution in [0.3, 0.4) is 0 Å². The van der Waals surface area contributed by atoms with Gasteiger partial charge < -0.3 is 9.47 Å². The van der Waals surface area contributed by atoms with Crippen molar-refractivity contribution in [2.75, 3.05) is 7.11 Å². The molecule has 0 N–H and O–H groups in total. The van der Waals surface area contributed by atoms with Crippen molar-refractivity contribution >= 4 is 11.6 Å². The zero-order valence-electron chi connectivity index (χ0n) is 9.39. The van der Waals surface area contributed by atoms with E-state index in [9.17, 15) is 0 Å². The highest BCUT2D eigenvalue weighted by atomic mass is 35.5. The maximum Gasteiger partial charge on any atom is 0.214 e. The number of rotatable bonds is 4. The van der Waals surface area contributed by atoms with Crippen molar-refractivity contribution in [2.45, 2.75) is 6.61 Å². The van der Waals surface area contributed by atoms with Crippen LogP contribution in [0.1, 0.15) is 5.56 Å². The van der Waals surface area contributed by atoms with Gasteiger partial charge in [0.25, 0.3) is 0 Å². The Hall–Kier alpha value is -1.74. The molecule has 0 aliphatic carbocycles. The van der Waals surface area contributed by atoms with Gasteiger partial charge in [0.2, 0.25) is 5.88 Å². The highest BCUT2D eigenvalue weighted by molar-refractivity contribution is 6.29. The summed E-state index contributed by atoms with van der Waals surface area (Å²) in [6.07, 6.45) is 0. The topological polar surface area (TPSA) is 31.4 Å². The molecular weight excluding hydrogens is 238 g/mol. The molecule has 3 nitrogen and oxygen atoms in total. The number of nitrogens with zero attached hydrogens (tertiary/aromatic N) is 1. The normalized spacial score (nSPS) is 10.0. The van der Waals surface area contributed by atoms with Crippen LogP contribution >= 0.6 is 11.6 Å². The Morgan fingerprint density at radius 3 is 2.53 bits per heavy atom. The van der Waals surface area contributed by atoms with Gasteiger partial charge in [-0.25, -0.2) is 4.98 Å². The molecule has 1 aromatic carbocycles. The van der Waals surface area contributed by atoms with Crippen molar-refractivity contribution < 1.29 is 9.47 Å². The third-order valence-electron chi connectivity index (χ3n) is 2.24. The summed E-state index contributed by atoms with van der Waals surface area (Å²) in [5, 5.41) is 0.428. The Morgan fingerprint density at radius 1 is 1.12 bits per heavy atom. The van der Waals surface area contributed by atoms with Crippen LogP contribution in [0.4, 0.5) is 0 Å². The number of aromatic nitrogens is 1. The molecule has 0 radical (unpaired) electrons. The van der Waals surface area contributed by atoms with Gasteiger partial charge in [0, 0.05) is 6.07 Å². The summed E-state index contributed by atoms with van der Waals surface area (Å²) in [4.78, 5) is 4.04. The van der Waals surface area contributed by atoms with Gasteiger partial charge in [-0.15, -0.1) is 0 Å². The lowest BCUT2D eigenvalue weighted by Crippen LogP contribution is -1.97. The maximum absolute atomic E-state index is 5.76. The number of ether oxygens (including phenoxy) is 2. The molecule has 4 heteroatoms. The van der Waals surface area contributed by atoms with Gasteiger partial charge in [-0.05, 0) is 23.8 Å². The molecule has 0 aliphatic rings. The Balaban J connectivity index is 1.97. The van der Waals surface area contributed by atoms with Crippen molar-refractivity contribution in [3.63, 3.8) is 0 Å². The summed E-state index contributed by atoms with van der Waals surface area (Å²) in [6, 6.07) is 13.0. The van der Waals surface area contributed by atoms with Crippen molar-refractivity contribution in [1.82, 2.24) is 4.98 Å². The first-order valence-electron chi connectivity index (χ1n) is 5.16. The first-order valence-corrected chi connectivity index (χ1v) is 5.54. The van der Waals surface area contributed by atoms with Gasteiger partial charge in [-0.1, -0.05) is 29.8 Å². The molecule has 0 unspecified atom stereocenters. The van der Waals surface area contributed by atoms with E-state index in [4.69, 9.17) is 21.1 Å². The molecule has 0 aliphatic heterocycles. The van der Waals surface area contributed by atoms with E-state index in [1.54, 1.807) is 25.3 Å². The average molecular weight is 250 g/mol. The molecule has 17 heavy (non-hydrogen) atoms. The van der Waals surface area contributed by atoms with Crippen LogP contribution in [0.2, 0.25) is 5.15 Å². The van der Waals surface area contributed by atoms with E-state index in [1.165, 1.54) is 0 Å². The predicted molar refractivity (Wildman–Crippen MR) is 66.6 cm³/mol. The number of pyridine rings is 1. The van der Waals surface area contributed by atoms with Crippen LogP contribution in [0, 0.1) is 0 Å². The van der Waals surface area contributed by atoms with Crippen LogP contribution in [0.25, 0.3) is 0 Å². The molecule has 0 spiro atoms. The minimum atomic E-state index is 0.428. The van der Waals surface area contributed by atoms with Crippen molar-refractivity contribution in [3.8, 4) is 11.6 Å². The fourth-order valence-corrected chi connectivity index (χ4v) is 1.51. The molecule has 0 amide bonds. The van der Waals surface area contributed by atoms with Gasteiger partial charge in [0.05, 0.1) is 7.11 Å². The maximum atomic E-state index is 5.76. The van der Waals surface area contributed by atoms with E-state index in [1.807, 2.05) is 24.3 Å². The van der Waals surface area contributed by atoms with E-state index in [-0.39, 0.29) is 0 Å². The lowest BCUT2D eigenvalue weighted by molar-refractivity contribution is 0.294. The van der Waals surface area contributed by atoms with Crippen molar-refractivity contribution in [3.05, 3.63) is 53.2 Å². The third-order valence-corrected chi connectivity index (χ3v) is 2.45. The second kappa shape index (κ2) is 5.55. The fourth-order valence-electron chi connectivity index (χ4n) is 1.35. The molecule has 0 bridgehead atoms. The Kier molecular flexibility index (Phi) is 3.83. The monoisotopic (exact) mass is 249 g/mol. The summed E-state index contributed by atoms with van der Waals surface area (Å²) >= 11 is 5.76. The number of hydrogen-bond acceptors (Lipinski definition) is 3. The van der Waals surface area contributed by atoms with Crippen LogP contribution in [-0.2, 0) is 6.61 Å². The predicted octanol–water partition coefficient (Wildman–Crippen LogP) is 3.32. The summed E-state index contributed by atoms with van der Waals surface area (Å²) in [5.41, 5.74) is 1.05. The van der Waals surface area contributed by atoms with Gasteiger partial charge in [0.15, 0.2) is 0 Å². The number of halogens is 1. The minimum absolute atomic E-state index is 0.428. The van der Waals surface area contributed by atoms with E-state index < -0.39 is 0 Å². The second-order valence-corrected chi connectivity index (χ2v) is 3.82. The molecular formula is C13H12ClNO2. The lowest BCUT2D eigenvalue weighted by Gasteiger charge is -2.06. The number of hydrogen-bond donors (Lipinski definition) is 0. The van der Waals surface area contributed by atoms with Crippen molar-refractivity contribution in [1.29, 1.82) is 0 Å². The van der Waals surface area contributed by atoms with Crippen LogP contribution in [0.5, 0.6) is 11.6 Å². The van der Waals surface area contributed by atoms with E-state index in [0.29, 0.717) is 17.6 Å². The number of methoxy groups -OCH3 is 1. The fraction of sp³-hybridized carbons (Fsp3) is 0.154. The Bertz CT molecular complexity index is 485. The molecule has 1 aromatic heterocycles. The van der Waals surface area contributed by atoms with Crippen molar-refractivity contribution in [2.24, 2.45) is 0 Å². The van der Waals surface area contributed by atoms with Gasteiger partial charge in [-0.2, -0.15) is 0 Å². The second-order valence-electron chi connectivity index (χ2n) is 3.44. The zero-order valence-corrected chi connectivity index (χ0v) is 10.1. The summed E-state index contributed by atoms with van der Waals surface area (Å²) in [5.74, 6) is 1.35. The molecule has 0 saturated carbocycles. The zero-order chi connectivity index (χ0) is 12.1. The van der Waals surface area contributed by atoms with Gasteiger partial charge in [-0.3, -0.25) is 0 Å². The Morgan fingerprint density at radius 2 is 1.88 bits per heavy atom. The van der Waals surface area contributed by atoms with Gasteiger partial charge >= 0.3 is 0 Å². The summed E-state index contributed by atoms with van der Waals surface area (Å²) < 4.78 is 10.6. The number of benzene rings is 1. The molecule has 0 fully saturated rings. The van der Waals surface area contributed by atoms with Crippen LogP contribution < -0.4 is 9.47 Å². The van der Waals surface area contributed by atoms with E-state index in [2.05, 4.69) is 4.98 Å². The van der Waals surface area contributed by atoms with Gasteiger partial charge in [0.1, 0.15) is 17.5 Å². The average Bonchev–Trinajstić information content (AvgIpc) is 2.37. The molecule has 2 rings (SSSR count). The Labute approximate surface area is 105 Å². The largest absolute Gasteiger partial charge is 0.497 e. The molecule has 2 aromatic rings. The first kappa shape index (κ1) is 11.7. The molecule has 0 atom stereocenters. The van der Waals surface area contributed by atoms with Crippen LogP contribution in [0.15, 0.2) is 42.5 Å². The highest BCUT2D eigenvalue weighted by Gasteiger charge is 1.98. The quantitative estimate of drug-likeness (QED) is 0.779. The molecule has 88 valence electrons. The third kappa shape index (κ3) is 3.36. The van der Waals surface area contributed by atoms with E-state index in [0.717, 1.165) is 11.3 Å². The van der Waals surface area contributed by atoms with E-state index >= 15 is 0 Å². The SMILES string of the molecule is COc1ccc(COc2cccc(Cl)n2)cc1. The molecule has 0 saturated heterocycles. The summed E-state index contributed by atoms with van der Waals surface area (Å²) in [6.45, 7) is 0.456. The lowest BCUT2D eigenvalue weighted by atomic mass is 10.2. The smallest absolute Gasteiger partial charge is 0.214 e. The molecule has 1 heterocycles. The minimum Gasteiger partial charge on any atom is -0.497 e.